The lowest BCUT2D eigenvalue weighted by Gasteiger charge is -2.23. The highest BCUT2D eigenvalue weighted by atomic mass is 35.5. The Bertz CT molecular complexity index is 1500. The molecule has 1 saturated heterocycles. The fourth-order valence-electron chi connectivity index (χ4n) is 4.10. The van der Waals surface area contributed by atoms with Gasteiger partial charge in [0, 0.05) is 5.56 Å². The molecule has 0 aliphatic carbocycles. The molecule has 1 N–H and O–H groups in total. The number of rotatable bonds is 10. The maximum Gasteiger partial charge on any atom is 0.350 e. The average molecular weight is 602 g/mol. The van der Waals surface area contributed by atoms with E-state index < -0.39 is 23.7 Å². The van der Waals surface area contributed by atoms with Crippen LogP contribution in [0, 0.1) is 6.92 Å². The largest absolute Gasteiger partial charge is 0.507 e. The second-order valence-corrected chi connectivity index (χ2v) is 10.7. The van der Waals surface area contributed by atoms with E-state index in [1.807, 2.05) is 0 Å². The van der Waals surface area contributed by atoms with Crippen LogP contribution in [-0.4, -0.2) is 41.0 Å². The average Bonchev–Trinajstić information content (AvgIpc) is 3.45. The zero-order chi connectivity index (χ0) is 29.0. The van der Waals surface area contributed by atoms with Crippen LogP contribution in [0.5, 0.6) is 5.75 Å². The SMILES string of the molecule is C=CCOC(=O)c1sc(N2C(=O)C(=O)/C(=C(\O)c3ccc(OCCCC)cc3)C2c2ccc(Cl)c(Cl)c2)nc1C. The number of carbonyl (C=O) groups is 3. The van der Waals surface area contributed by atoms with Crippen molar-refractivity contribution in [2.75, 3.05) is 18.1 Å². The standard InChI is InChI=1S/C29H26Cl2N2O6S/c1-4-6-14-38-19-10-7-17(8-11-19)24(34)22-23(18-9-12-20(30)21(31)15-18)33(27(36)25(22)35)29-32-16(3)26(40-29)28(37)39-13-5-2/h5,7-12,15,23,34H,2,4,6,13-14H2,1,3H3/b24-22-. The molecule has 1 atom stereocenters. The Kier molecular flexibility index (Phi) is 9.29. The van der Waals surface area contributed by atoms with Gasteiger partial charge in [-0.2, -0.15) is 0 Å². The third-order valence-corrected chi connectivity index (χ3v) is 7.98. The monoisotopic (exact) mass is 600 g/mol. The van der Waals surface area contributed by atoms with Crippen LogP contribution in [-0.2, 0) is 14.3 Å². The van der Waals surface area contributed by atoms with E-state index in [2.05, 4.69) is 18.5 Å². The summed E-state index contributed by atoms with van der Waals surface area (Å²) < 4.78 is 10.8. The third-order valence-electron chi connectivity index (χ3n) is 6.11. The molecular weight excluding hydrogens is 575 g/mol. The molecule has 2 heterocycles. The van der Waals surface area contributed by atoms with Gasteiger partial charge in [0.2, 0.25) is 0 Å². The highest BCUT2D eigenvalue weighted by Crippen LogP contribution is 2.45. The number of Topliss-reactive ketones (excluding diaryl/α,β-unsaturated/α-hetero) is 1. The van der Waals surface area contributed by atoms with Crippen molar-refractivity contribution in [1.29, 1.82) is 0 Å². The number of anilines is 1. The number of amides is 1. The van der Waals surface area contributed by atoms with Gasteiger partial charge in [-0.3, -0.25) is 14.5 Å². The number of aryl methyl sites for hydroxylation is 1. The fraction of sp³-hybridized carbons (Fsp3) is 0.241. The molecule has 11 heteroatoms. The van der Waals surface area contributed by atoms with Crippen molar-refractivity contribution in [2.45, 2.75) is 32.7 Å². The Morgan fingerprint density at radius 1 is 1.18 bits per heavy atom. The van der Waals surface area contributed by atoms with Crippen molar-refractivity contribution in [3.8, 4) is 5.75 Å². The molecule has 4 rings (SSSR count). The lowest BCUT2D eigenvalue weighted by molar-refractivity contribution is -0.132. The van der Waals surface area contributed by atoms with E-state index in [0.717, 1.165) is 29.1 Å². The second-order valence-electron chi connectivity index (χ2n) is 8.87. The molecule has 0 radical (unpaired) electrons. The van der Waals surface area contributed by atoms with Crippen molar-refractivity contribution in [1.82, 2.24) is 4.98 Å². The van der Waals surface area contributed by atoms with Gasteiger partial charge in [0.25, 0.3) is 5.78 Å². The lowest BCUT2D eigenvalue weighted by atomic mass is 9.95. The maximum atomic E-state index is 13.4. The van der Waals surface area contributed by atoms with Gasteiger partial charge in [-0.15, -0.1) is 0 Å². The van der Waals surface area contributed by atoms with Gasteiger partial charge in [-0.25, -0.2) is 9.78 Å². The Morgan fingerprint density at radius 3 is 2.55 bits per heavy atom. The van der Waals surface area contributed by atoms with E-state index >= 15 is 0 Å². The molecule has 1 amide bonds. The van der Waals surface area contributed by atoms with Gasteiger partial charge in [0.05, 0.1) is 34.0 Å². The summed E-state index contributed by atoms with van der Waals surface area (Å²) in [6.07, 6.45) is 3.32. The molecule has 8 nitrogen and oxygen atoms in total. The van der Waals surface area contributed by atoms with Crippen LogP contribution in [0.4, 0.5) is 5.13 Å². The van der Waals surface area contributed by atoms with E-state index in [9.17, 15) is 19.5 Å². The van der Waals surface area contributed by atoms with Crippen molar-refractivity contribution >= 4 is 63.1 Å². The number of thiazole rings is 1. The van der Waals surface area contributed by atoms with Crippen LogP contribution in [0.25, 0.3) is 5.76 Å². The predicted octanol–water partition coefficient (Wildman–Crippen LogP) is 6.91. The van der Waals surface area contributed by atoms with Gasteiger partial charge in [0.1, 0.15) is 23.0 Å². The van der Waals surface area contributed by atoms with Gasteiger partial charge in [-0.05, 0) is 55.3 Å². The minimum absolute atomic E-state index is 0.00171. The van der Waals surface area contributed by atoms with Gasteiger partial charge >= 0.3 is 11.9 Å². The van der Waals surface area contributed by atoms with Crippen LogP contribution in [0.1, 0.15) is 52.3 Å². The van der Waals surface area contributed by atoms with E-state index in [4.69, 9.17) is 32.7 Å². The molecule has 1 aliphatic rings. The summed E-state index contributed by atoms with van der Waals surface area (Å²) in [6.45, 7) is 7.74. The topological polar surface area (TPSA) is 106 Å². The minimum Gasteiger partial charge on any atom is -0.507 e. The van der Waals surface area contributed by atoms with Crippen LogP contribution >= 0.6 is 34.5 Å². The van der Waals surface area contributed by atoms with Crippen LogP contribution < -0.4 is 9.64 Å². The summed E-state index contributed by atoms with van der Waals surface area (Å²) in [5, 5.41) is 11.9. The number of hydrogen-bond acceptors (Lipinski definition) is 8. The van der Waals surface area contributed by atoms with Crippen LogP contribution in [0.2, 0.25) is 10.0 Å². The Balaban J connectivity index is 1.82. The van der Waals surface area contributed by atoms with Gasteiger partial charge < -0.3 is 14.6 Å². The van der Waals surface area contributed by atoms with E-state index in [1.165, 1.54) is 18.2 Å². The smallest absolute Gasteiger partial charge is 0.350 e. The molecule has 1 fully saturated rings. The fourth-order valence-corrected chi connectivity index (χ4v) is 5.40. The number of ketones is 1. The lowest BCUT2D eigenvalue weighted by Crippen LogP contribution is -2.29. The number of unbranched alkanes of at least 4 members (excludes halogenated alkanes) is 1. The molecule has 0 bridgehead atoms. The quantitative estimate of drug-likeness (QED) is 0.0673. The summed E-state index contributed by atoms with van der Waals surface area (Å²) in [6, 6.07) is 10.1. The third kappa shape index (κ3) is 5.91. The van der Waals surface area contributed by atoms with Crippen LogP contribution in [0.3, 0.4) is 0 Å². The zero-order valence-electron chi connectivity index (χ0n) is 21.8. The molecule has 1 unspecified atom stereocenters. The molecule has 208 valence electrons. The van der Waals surface area contributed by atoms with Crippen LogP contribution in [0.15, 0.2) is 60.7 Å². The van der Waals surface area contributed by atoms with Gasteiger partial charge in [-0.1, -0.05) is 66.6 Å². The van der Waals surface area contributed by atoms with Gasteiger partial charge in [0.15, 0.2) is 5.13 Å². The molecule has 2 aromatic carbocycles. The summed E-state index contributed by atoms with van der Waals surface area (Å²) in [4.78, 5) is 45.1. The van der Waals surface area contributed by atoms with Crippen molar-refractivity contribution in [2.24, 2.45) is 0 Å². The predicted molar refractivity (Wildman–Crippen MR) is 155 cm³/mol. The van der Waals surface area contributed by atoms with E-state index in [0.29, 0.717) is 29.2 Å². The number of carbonyl (C=O) groups excluding carboxylic acids is 3. The number of hydrogen-bond donors (Lipinski definition) is 1. The number of esters is 1. The summed E-state index contributed by atoms with van der Waals surface area (Å²) >= 11 is 13.3. The number of benzene rings is 2. The highest BCUT2D eigenvalue weighted by molar-refractivity contribution is 7.17. The first-order valence-electron chi connectivity index (χ1n) is 12.4. The summed E-state index contributed by atoms with van der Waals surface area (Å²) in [7, 11) is 0. The molecule has 1 aromatic heterocycles. The van der Waals surface area contributed by atoms with Crippen molar-refractivity contribution < 1.29 is 29.0 Å². The number of halogens is 2. The summed E-state index contributed by atoms with van der Waals surface area (Å²) in [5.74, 6) is -2.24. The molecular formula is C29H26Cl2N2O6S. The first-order valence-corrected chi connectivity index (χ1v) is 14.0. The van der Waals surface area contributed by atoms with Crippen molar-refractivity contribution in [3.05, 3.63) is 92.4 Å². The maximum absolute atomic E-state index is 13.4. The molecule has 1 aliphatic heterocycles. The normalized spacial score (nSPS) is 16.3. The molecule has 0 saturated carbocycles. The number of ether oxygens (including phenoxy) is 2. The number of aromatic nitrogens is 1. The molecule has 0 spiro atoms. The van der Waals surface area contributed by atoms with E-state index in [1.54, 1.807) is 37.3 Å². The van der Waals surface area contributed by atoms with Crippen molar-refractivity contribution in [3.63, 3.8) is 0 Å². The number of aliphatic hydroxyl groups is 1. The molecule has 40 heavy (non-hydrogen) atoms. The highest BCUT2D eigenvalue weighted by Gasteiger charge is 2.48. The first-order chi connectivity index (χ1) is 19.2. The Morgan fingerprint density at radius 2 is 1.90 bits per heavy atom. The Hall–Kier alpha value is -3.66. The number of aliphatic hydroxyl groups excluding tert-OH is 1. The number of nitrogens with zero attached hydrogens (tertiary/aromatic N) is 2. The first kappa shape index (κ1) is 29.3. The minimum atomic E-state index is -1.10. The van der Waals surface area contributed by atoms with E-state index in [-0.39, 0.29) is 38.0 Å². The second kappa shape index (κ2) is 12.7. The summed E-state index contributed by atoms with van der Waals surface area (Å²) in [5.41, 5.74) is 0.891. The zero-order valence-corrected chi connectivity index (χ0v) is 24.1. The molecule has 3 aromatic rings. The Labute approximate surface area is 245 Å².